The highest BCUT2D eigenvalue weighted by molar-refractivity contribution is 5.81. The van der Waals surface area contributed by atoms with Gasteiger partial charge in [-0.2, -0.15) is 0 Å². The Morgan fingerprint density at radius 2 is 1.81 bits per heavy atom. The first kappa shape index (κ1) is 19.6. The van der Waals surface area contributed by atoms with E-state index in [4.69, 9.17) is 14.2 Å². The van der Waals surface area contributed by atoms with Crippen LogP contribution in [0.4, 0.5) is 0 Å². The van der Waals surface area contributed by atoms with E-state index in [0.29, 0.717) is 31.1 Å². The molecule has 0 aliphatic heterocycles. The van der Waals surface area contributed by atoms with Crippen molar-refractivity contribution in [1.82, 2.24) is 5.32 Å². The Morgan fingerprint density at radius 3 is 2.46 bits per heavy atom. The summed E-state index contributed by atoms with van der Waals surface area (Å²) in [4.78, 5) is 12.4. The number of carbonyl (C=O) groups is 1. The maximum atomic E-state index is 12.4. The molecule has 1 N–H and O–H groups in total. The normalized spacial score (nSPS) is 11.5. The molecule has 0 aliphatic carbocycles. The molecule has 26 heavy (non-hydrogen) atoms. The Labute approximate surface area is 155 Å². The molecule has 0 fully saturated rings. The summed E-state index contributed by atoms with van der Waals surface area (Å²) in [6.07, 6.45) is -0.0191. The first-order valence-electron chi connectivity index (χ1n) is 8.82. The van der Waals surface area contributed by atoms with Crippen molar-refractivity contribution in [2.24, 2.45) is 0 Å². The molecule has 1 amide bonds. The summed E-state index contributed by atoms with van der Waals surface area (Å²) in [6, 6.07) is 13.3. The Hall–Kier alpha value is -2.69. The van der Waals surface area contributed by atoms with Crippen molar-refractivity contribution in [1.29, 1.82) is 0 Å². The maximum absolute atomic E-state index is 12.4. The summed E-state index contributed by atoms with van der Waals surface area (Å²) >= 11 is 0. The topological polar surface area (TPSA) is 56.8 Å². The van der Waals surface area contributed by atoms with Gasteiger partial charge in [0.1, 0.15) is 12.4 Å². The summed E-state index contributed by atoms with van der Waals surface area (Å²) < 4.78 is 16.8. The smallest absolute Gasteiger partial charge is 0.261 e. The quantitative estimate of drug-likeness (QED) is 0.696. The van der Waals surface area contributed by atoms with Crippen molar-refractivity contribution in [3.05, 3.63) is 53.6 Å². The predicted molar refractivity (Wildman–Crippen MR) is 102 cm³/mol. The lowest BCUT2D eigenvalue weighted by Crippen LogP contribution is -2.39. The minimum Gasteiger partial charge on any atom is -0.493 e. The number of methoxy groups -OCH3 is 1. The number of nitrogens with one attached hydrogen (secondary N) is 1. The largest absolute Gasteiger partial charge is 0.493 e. The fraction of sp³-hybridized carbons (Fsp3) is 0.381. The Bertz CT molecular complexity index is 730. The molecule has 0 bridgehead atoms. The number of hydrogen-bond donors (Lipinski definition) is 1. The molecule has 0 aromatic heterocycles. The van der Waals surface area contributed by atoms with Crippen molar-refractivity contribution in [3.8, 4) is 17.2 Å². The fourth-order valence-electron chi connectivity index (χ4n) is 2.60. The molecule has 5 nitrogen and oxygen atoms in total. The maximum Gasteiger partial charge on any atom is 0.261 e. The highest BCUT2D eigenvalue weighted by Crippen LogP contribution is 2.27. The molecule has 2 aromatic rings. The molecular weight excluding hydrogens is 330 g/mol. The minimum absolute atomic E-state index is 0.164. The zero-order chi connectivity index (χ0) is 18.9. The summed E-state index contributed by atoms with van der Waals surface area (Å²) in [5.41, 5.74) is 2.28. The lowest BCUT2D eigenvalue weighted by molar-refractivity contribution is -0.128. The molecule has 1 atom stereocenters. The second-order valence-corrected chi connectivity index (χ2v) is 6.07. The van der Waals surface area contributed by atoms with Gasteiger partial charge in [-0.3, -0.25) is 4.79 Å². The van der Waals surface area contributed by atoms with Gasteiger partial charge < -0.3 is 19.5 Å². The molecular formula is C21H27NO4. The second kappa shape index (κ2) is 9.70. The van der Waals surface area contributed by atoms with Gasteiger partial charge in [0.25, 0.3) is 5.91 Å². The van der Waals surface area contributed by atoms with Gasteiger partial charge in [-0.05, 0) is 44.0 Å². The third kappa shape index (κ3) is 5.41. The molecule has 0 radical (unpaired) electrons. The second-order valence-electron chi connectivity index (χ2n) is 6.07. The SMILES string of the molecule is CCC(Oc1ccccc1OC)C(=O)NCCOc1ccc(C)cc1C. The number of benzene rings is 2. The third-order valence-corrected chi connectivity index (χ3v) is 3.99. The summed E-state index contributed by atoms with van der Waals surface area (Å²) in [7, 11) is 1.58. The molecule has 140 valence electrons. The minimum atomic E-state index is -0.576. The molecule has 5 heteroatoms. The summed E-state index contributed by atoms with van der Waals surface area (Å²) in [5, 5.41) is 2.86. The van der Waals surface area contributed by atoms with Crippen LogP contribution in [0.5, 0.6) is 17.2 Å². The predicted octanol–water partition coefficient (Wildman–Crippen LogP) is 3.66. The van der Waals surface area contributed by atoms with E-state index in [2.05, 4.69) is 11.4 Å². The Balaban J connectivity index is 1.83. The zero-order valence-corrected chi connectivity index (χ0v) is 15.9. The van der Waals surface area contributed by atoms with Gasteiger partial charge in [0, 0.05) is 0 Å². The van der Waals surface area contributed by atoms with Crippen LogP contribution in [-0.2, 0) is 4.79 Å². The third-order valence-electron chi connectivity index (χ3n) is 3.99. The summed E-state index contributed by atoms with van der Waals surface area (Å²) in [5.74, 6) is 1.84. The standard InChI is InChI=1S/C21H27NO4/c1-5-17(26-20-9-7-6-8-19(20)24-4)21(23)22-12-13-25-18-11-10-15(2)14-16(18)3/h6-11,14,17H,5,12-13H2,1-4H3,(H,22,23). The molecule has 0 heterocycles. The summed E-state index contributed by atoms with van der Waals surface area (Å²) in [6.45, 7) is 6.78. The van der Waals surface area contributed by atoms with Crippen LogP contribution in [0.3, 0.4) is 0 Å². The van der Waals surface area contributed by atoms with Gasteiger partial charge in [0.05, 0.1) is 13.7 Å². The lowest BCUT2D eigenvalue weighted by Gasteiger charge is -2.19. The van der Waals surface area contributed by atoms with E-state index in [9.17, 15) is 4.79 Å². The zero-order valence-electron chi connectivity index (χ0n) is 15.9. The molecule has 0 saturated carbocycles. The number of ether oxygens (including phenoxy) is 3. The van der Waals surface area contributed by atoms with Crippen molar-refractivity contribution < 1.29 is 19.0 Å². The first-order chi connectivity index (χ1) is 12.5. The van der Waals surface area contributed by atoms with Crippen LogP contribution in [0.25, 0.3) is 0 Å². The van der Waals surface area contributed by atoms with Gasteiger partial charge in [0.2, 0.25) is 0 Å². The molecule has 0 aliphatic rings. The van der Waals surface area contributed by atoms with Crippen LogP contribution >= 0.6 is 0 Å². The van der Waals surface area contributed by atoms with Crippen molar-refractivity contribution in [2.75, 3.05) is 20.3 Å². The van der Waals surface area contributed by atoms with Crippen molar-refractivity contribution in [3.63, 3.8) is 0 Å². The van der Waals surface area contributed by atoms with E-state index in [1.165, 1.54) is 5.56 Å². The highest BCUT2D eigenvalue weighted by Gasteiger charge is 2.19. The van der Waals surface area contributed by atoms with Gasteiger partial charge in [-0.25, -0.2) is 0 Å². The van der Waals surface area contributed by atoms with Crippen molar-refractivity contribution >= 4 is 5.91 Å². The lowest BCUT2D eigenvalue weighted by atomic mass is 10.1. The van der Waals surface area contributed by atoms with Gasteiger partial charge in [0.15, 0.2) is 17.6 Å². The van der Waals surface area contributed by atoms with E-state index in [0.717, 1.165) is 11.3 Å². The average molecular weight is 357 g/mol. The van der Waals surface area contributed by atoms with Gasteiger partial charge in [-0.15, -0.1) is 0 Å². The van der Waals surface area contributed by atoms with Crippen LogP contribution < -0.4 is 19.5 Å². The fourth-order valence-corrected chi connectivity index (χ4v) is 2.60. The highest BCUT2D eigenvalue weighted by atomic mass is 16.5. The first-order valence-corrected chi connectivity index (χ1v) is 8.82. The van der Waals surface area contributed by atoms with E-state index >= 15 is 0 Å². The van der Waals surface area contributed by atoms with Crippen LogP contribution in [-0.4, -0.2) is 32.3 Å². The number of hydrogen-bond acceptors (Lipinski definition) is 4. The van der Waals surface area contributed by atoms with E-state index < -0.39 is 6.10 Å². The average Bonchev–Trinajstić information content (AvgIpc) is 2.64. The van der Waals surface area contributed by atoms with Gasteiger partial charge >= 0.3 is 0 Å². The van der Waals surface area contributed by atoms with Crippen LogP contribution in [0, 0.1) is 13.8 Å². The molecule has 0 saturated heterocycles. The Morgan fingerprint density at radius 1 is 1.08 bits per heavy atom. The molecule has 0 spiro atoms. The number of carbonyl (C=O) groups excluding carboxylic acids is 1. The van der Waals surface area contributed by atoms with E-state index in [-0.39, 0.29) is 5.91 Å². The van der Waals surface area contributed by atoms with Crippen molar-refractivity contribution in [2.45, 2.75) is 33.3 Å². The van der Waals surface area contributed by atoms with Crippen LogP contribution in [0.1, 0.15) is 24.5 Å². The molecule has 2 aromatic carbocycles. The van der Waals surface area contributed by atoms with Crippen LogP contribution in [0.15, 0.2) is 42.5 Å². The Kier molecular flexibility index (Phi) is 7.33. The molecule has 2 rings (SSSR count). The van der Waals surface area contributed by atoms with E-state index in [1.807, 2.05) is 45.0 Å². The van der Waals surface area contributed by atoms with Gasteiger partial charge in [-0.1, -0.05) is 36.8 Å². The number of aryl methyl sites for hydroxylation is 2. The van der Waals surface area contributed by atoms with Crippen LogP contribution in [0.2, 0.25) is 0 Å². The number of para-hydroxylation sites is 2. The molecule has 1 unspecified atom stereocenters. The number of amides is 1. The monoisotopic (exact) mass is 357 g/mol. The number of rotatable bonds is 9. The van der Waals surface area contributed by atoms with E-state index in [1.54, 1.807) is 19.2 Å².